The first-order valence-corrected chi connectivity index (χ1v) is 6.82. The zero-order valence-electron chi connectivity index (χ0n) is 12.0. The molecule has 0 bridgehead atoms. The standard InChI is InChI=1S/C15H17N3O3/c1-9-13(17-15(20)16-9)14(19)18-6-5-10-3-4-12(21-2)7-11(10)8-18/h3-4,7H,5-6,8H2,1-2H3,(H2,16,17,20). The summed E-state index contributed by atoms with van der Waals surface area (Å²) in [7, 11) is 1.63. The van der Waals surface area contributed by atoms with E-state index in [9.17, 15) is 9.59 Å². The van der Waals surface area contributed by atoms with E-state index in [1.807, 2.05) is 18.2 Å². The fraction of sp³-hybridized carbons (Fsp3) is 0.333. The number of hydrogen-bond acceptors (Lipinski definition) is 3. The highest BCUT2D eigenvalue weighted by Crippen LogP contribution is 2.24. The molecule has 0 unspecified atom stereocenters. The first-order chi connectivity index (χ1) is 10.1. The number of hydrogen-bond donors (Lipinski definition) is 2. The van der Waals surface area contributed by atoms with Crippen LogP contribution in [0.15, 0.2) is 23.0 Å². The highest BCUT2D eigenvalue weighted by Gasteiger charge is 2.24. The summed E-state index contributed by atoms with van der Waals surface area (Å²) in [5, 5.41) is 0. The van der Waals surface area contributed by atoms with E-state index < -0.39 is 0 Å². The van der Waals surface area contributed by atoms with Gasteiger partial charge in [-0.3, -0.25) is 4.79 Å². The van der Waals surface area contributed by atoms with Crippen LogP contribution in [0.5, 0.6) is 5.75 Å². The topological polar surface area (TPSA) is 78.2 Å². The molecule has 1 aromatic carbocycles. The summed E-state index contributed by atoms with van der Waals surface area (Å²) in [4.78, 5) is 30.7. The number of amides is 1. The lowest BCUT2D eigenvalue weighted by molar-refractivity contribution is 0.0728. The number of aromatic amines is 2. The lowest BCUT2D eigenvalue weighted by Gasteiger charge is -2.29. The van der Waals surface area contributed by atoms with Gasteiger partial charge in [-0.25, -0.2) is 4.79 Å². The van der Waals surface area contributed by atoms with Crippen molar-refractivity contribution in [1.82, 2.24) is 14.9 Å². The van der Waals surface area contributed by atoms with Crippen molar-refractivity contribution in [2.45, 2.75) is 19.9 Å². The summed E-state index contributed by atoms with van der Waals surface area (Å²) in [6.07, 6.45) is 0.804. The molecule has 0 spiro atoms. The molecule has 3 rings (SSSR count). The van der Waals surface area contributed by atoms with Crippen molar-refractivity contribution in [3.8, 4) is 5.75 Å². The molecule has 0 fully saturated rings. The predicted molar refractivity (Wildman–Crippen MR) is 77.6 cm³/mol. The van der Waals surface area contributed by atoms with Gasteiger partial charge < -0.3 is 19.6 Å². The number of methoxy groups -OCH3 is 1. The SMILES string of the molecule is COc1ccc2c(c1)CN(C(=O)c1[nH]c(=O)[nH]c1C)CC2. The molecule has 2 heterocycles. The largest absolute Gasteiger partial charge is 0.497 e. The maximum Gasteiger partial charge on any atom is 0.323 e. The molecule has 1 aliphatic heterocycles. The molecule has 21 heavy (non-hydrogen) atoms. The Balaban J connectivity index is 1.87. The number of imidazole rings is 1. The second kappa shape index (κ2) is 5.12. The molecule has 1 aromatic heterocycles. The van der Waals surface area contributed by atoms with Crippen LogP contribution in [0.1, 0.15) is 27.3 Å². The Hall–Kier alpha value is -2.50. The third kappa shape index (κ3) is 2.44. The van der Waals surface area contributed by atoms with Gasteiger partial charge in [-0.2, -0.15) is 0 Å². The third-order valence-electron chi connectivity index (χ3n) is 3.84. The molecule has 110 valence electrons. The van der Waals surface area contributed by atoms with Crippen LogP contribution in [0, 0.1) is 6.92 Å². The van der Waals surface area contributed by atoms with Crippen LogP contribution in [-0.2, 0) is 13.0 Å². The number of carbonyl (C=O) groups excluding carboxylic acids is 1. The monoisotopic (exact) mass is 287 g/mol. The van der Waals surface area contributed by atoms with Crippen molar-refractivity contribution >= 4 is 5.91 Å². The minimum atomic E-state index is -0.352. The van der Waals surface area contributed by atoms with Gasteiger partial charge >= 0.3 is 5.69 Å². The average molecular weight is 287 g/mol. The van der Waals surface area contributed by atoms with Gasteiger partial charge in [0, 0.05) is 18.8 Å². The minimum Gasteiger partial charge on any atom is -0.497 e. The average Bonchev–Trinajstić information content (AvgIpc) is 2.84. The van der Waals surface area contributed by atoms with Gasteiger partial charge in [0.1, 0.15) is 11.4 Å². The van der Waals surface area contributed by atoms with Gasteiger partial charge in [-0.15, -0.1) is 0 Å². The number of aryl methyl sites for hydroxylation is 1. The van der Waals surface area contributed by atoms with Gasteiger partial charge in [0.25, 0.3) is 5.91 Å². The van der Waals surface area contributed by atoms with E-state index in [1.54, 1.807) is 18.9 Å². The summed E-state index contributed by atoms with van der Waals surface area (Å²) in [5.41, 5.74) is 2.88. The molecular formula is C15H17N3O3. The predicted octanol–water partition coefficient (Wildman–Crippen LogP) is 1.22. The van der Waals surface area contributed by atoms with Crippen LogP contribution in [0.4, 0.5) is 0 Å². The Labute approximate surface area is 121 Å². The molecular weight excluding hydrogens is 270 g/mol. The van der Waals surface area contributed by atoms with Gasteiger partial charge in [0.2, 0.25) is 0 Å². The zero-order valence-corrected chi connectivity index (χ0v) is 12.0. The number of fused-ring (bicyclic) bond motifs is 1. The fourth-order valence-corrected chi connectivity index (χ4v) is 2.68. The number of nitrogens with one attached hydrogen (secondary N) is 2. The van der Waals surface area contributed by atoms with Crippen molar-refractivity contribution in [2.24, 2.45) is 0 Å². The quantitative estimate of drug-likeness (QED) is 0.871. The van der Waals surface area contributed by atoms with E-state index in [0.717, 1.165) is 17.7 Å². The number of benzene rings is 1. The van der Waals surface area contributed by atoms with Gasteiger partial charge in [0.15, 0.2) is 0 Å². The summed E-state index contributed by atoms with van der Waals surface area (Å²) >= 11 is 0. The molecule has 0 saturated carbocycles. The number of rotatable bonds is 2. The van der Waals surface area contributed by atoms with E-state index in [-0.39, 0.29) is 11.6 Å². The second-order valence-electron chi connectivity index (χ2n) is 5.19. The molecule has 0 saturated heterocycles. The van der Waals surface area contributed by atoms with Crippen LogP contribution in [0.3, 0.4) is 0 Å². The Morgan fingerprint density at radius 3 is 2.76 bits per heavy atom. The zero-order chi connectivity index (χ0) is 15.0. The van der Waals surface area contributed by atoms with Gasteiger partial charge in [-0.05, 0) is 36.6 Å². The van der Waals surface area contributed by atoms with E-state index >= 15 is 0 Å². The number of H-pyrrole nitrogens is 2. The molecule has 0 radical (unpaired) electrons. The first-order valence-electron chi connectivity index (χ1n) is 6.82. The van der Waals surface area contributed by atoms with Crippen molar-refractivity contribution in [3.05, 3.63) is 51.2 Å². The van der Waals surface area contributed by atoms with Crippen molar-refractivity contribution < 1.29 is 9.53 Å². The van der Waals surface area contributed by atoms with Crippen LogP contribution in [-0.4, -0.2) is 34.4 Å². The molecule has 2 aromatic rings. The molecule has 0 aliphatic carbocycles. The lowest BCUT2D eigenvalue weighted by atomic mass is 9.99. The Morgan fingerprint density at radius 2 is 2.10 bits per heavy atom. The third-order valence-corrected chi connectivity index (χ3v) is 3.84. The maximum absolute atomic E-state index is 12.5. The minimum absolute atomic E-state index is 0.153. The summed E-state index contributed by atoms with van der Waals surface area (Å²) < 4.78 is 5.23. The Morgan fingerprint density at radius 1 is 1.29 bits per heavy atom. The Kier molecular flexibility index (Phi) is 3.29. The Bertz CT molecular complexity index is 745. The number of nitrogens with zero attached hydrogens (tertiary/aromatic N) is 1. The van der Waals surface area contributed by atoms with E-state index in [2.05, 4.69) is 9.97 Å². The van der Waals surface area contributed by atoms with Crippen LogP contribution < -0.4 is 10.4 Å². The molecule has 1 amide bonds. The highest BCUT2D eigenvalue weighted by atomic mass is 16.5. The normalized spacial score (nSPS) is 13.9. The van der Waals surface area contributed by atoms with Crippen molar-refractivity contribution in [1.29, 1.82) is 0 Å². The van der Waals surface area contributed by atoms with Gasteiger partial charge in [0.05, 0.1) is 7.11 Å². The van der Waals surface area contributed by atoms with Crippen LogP contribution >= 0.6 is 0 Å². The molecule has 1 aliphatic rings. The lowest BCUT2D eigenvalue weighted by Crippen LogP contribution is -2.36. The molecule has 6 heteroatoms. The second-order valence-corrected chi connectivity index (χ2v) is 5.19. The molecule has 6 nitrogen and oxygen atoms in total. The van der Waals surface area contributed by atoms with E-state index in [0.29, 0.717) is 24.5 Å². The van der Waals surface area contributed by atoms with Crippen LogP contribution in [0.2, 0.25) is 0 Å². The van der Waals surface area contributed by atoms with Gasteiger partial charge in [-0.1, -0.05) is 6.07 Å². The number of carbonyl (C=O) groups is 1. The van der Waals surface area contributed by atoms with Crippen molar-refractivity contribution in [2.75, 3.05) is 13.7 Å². The molecule has 0 atom stereocenters. The smallest absolute Gasteiger partial charge is 0.323 e. The van der Waals surface area contributed by atoms with Crippen molar-refractivity contribution in [3.63, 3.8) is 0 Å². The van der Waals surface area contributed by atoms with E-state index in [4.69, 9.17) is 4.74 Å². The van der Waals surface area contributed by atoms with Crippen LogP contribution in [0.25, 0.3) is 0 Å². The summed E-state index contributed by atoms with van der Waals surface area (Å²) in [6, 6.07) is 5.94. The summed E-state index contributed by atoms with van der Waals surface area (Å²) in [5.74, 6) is 0.633. The summed E-state index contributed by atoms with van der Waals surface area (Å²) in [6.45, 7) is 2.88. The number of ether oxygens (including phenoxy) is 1. The molecule has 2 N–H and O–H groups in total. The first kappa shape index (κ1) is 13.5. The maximum atomic E-state index is 12.5. The highest BCUT2D eigenvalue weighted by molar-refractivity contribution is 5.93. The van der Waals surface area contributed by atoms with E-state index in [1.165, 1.54) is 5.56 Å². The fourth-order valence-electron chi connectivity index (χ4n) is 2.68. The number of aromatic nitrogens is 2.